The molecule has 0 aliphatic heterocycles. The second-order valence-electron chi connectivity index (χ2n) is 4.36. The fourth-order valence-electron chi connectivity index (χ4n) is 1.80. The molecule has 1 aromatic carbocycles. The molecule has 4 nitrogen and oxygen atoms in total. The maximum absolute atomic E-state index is 12.5. The average molecular weight is 359 g/mol. The van der Waals surface area contributed by atoms with Gasteiger partial charge in [0, 0.05) is 23.3 Å². The molecule has 1 rings (SSSR count). The fourth-order valence-corrected chi connectivity index (χ4v) is 3.69. The number of amides is 1. The first-order chi connectivity index (χ1) is 9.11. The van der Waals surface area contributed by atoms with Crippen molar-refractivity contribution in [2.75, 3.05) is 6.54 Å². The van der Waals surface area contributed by atoms with E-state index in [1.807, 2.05) is 20.8 Å². The van der Waals surface area contributed by atoms with E-state index >= 15 is 0 Å². The molecule has 0 bridgehead atoms. The molecule has 0 unspecified atom stereocenters. The Kier molecular flexibility index (Phi) is 5.72. The van der Waals surface area contributed by atoms with E-state index in [4.69, 9.17) is 33.9 Å². The number of nitrogens with zero attached hydrogens (tertiary/aromatic N) is 1. The van der Waals surface area contributed by atoms with Gasteiger partial charge in [0.25, 0.3) is 15.0 Å². The van der Waals surface area contributed by atoms with Gasteiger partial charge < -0.3 is 4.90 Å². The summed E-state index contributed by atoms with van der Waals surface area (Å²) in [6.07, 6.45) is 0. The number of benzene rings is 1. The van der Waals surface area contributed by atoms with Gasteiger partial charge in [0.15, 0.2) is 0 Å². The molecule has 0 saturated heterocycles. The minimum absolute atomic E-state index is 0.0504. The smallest absolute Gasteiger partial charge is 0.262 e. The summed E-state index contributed by atoms with van der Waals surface area (Å²) in [5.41, 5.74) is -0.0504. The lowest BCUT2D eigenvalue weighted by atomic mass is 10.1. The molecule has 0 atom stereocenters. The molecule has 1 aromatic rings. The van der Waals surface area contributed by atoms with Crippen LogP contribution in [0.3, 0.4) is 0 Å². The van der Waals surface area contributed by atoms with E-state index < -0.39 is 15.0 Å². The Bertz CT molecular complexity index is 629. The van der Waals surface area contributed by atoms with Crippen LogP contribution < -0.4 is 0 Å². The number of carbonyl (C=O) groups excluding carboxylic acids is 1. The summed E-state index contributed by atoms with van der Waals surface area (Å²) in [5, 5.41) is -0.167. The standard InChI is InChI=1S/C12H14Cl3NO3S/c1-4-16(7(2)3)12(17)10-8(13)5-6-9(11(10)14)20(15,18)19/h5-7H,4H2,1-3H3. The van der Waals surface area contributed by atoms with E-state index in [9.17, 15) is 13.2 Å². The van der Waals surface area contributed by atoms with Crippen LogP contribution in [0.5, 0.6) is 0 Å². The van der Waals surface area contributed by atoms with E-state index in [2.05, 4.69) is 0 Å². The van der Waals surface area contributed by atoms with Crippen LogP contribution >= 0.6 is 33.9 Å². The highest BCUT2D eigenvalue weighted by Gasteiger charge is 2.27. The Morgan fingerprint density at radius 1 is 1.30 bits per heavy atom. The zero-order chi connectivity index (χ0) is 15.7. The minimum atomic E-state index is -4.05. The normalized spacial score (nSPS) is 11.8. The van der Waals surface area contributed by atoms with E-state index in [0.717, 1.165) is 0 Å². The first-order valence-corrected chi connectivity index (χ1v) is 8.91. The molecule has 0 aromatic heterocycles. The summed E-state index contributed by atoms with van der Waals surface area (Å²) in [5.74, 6) is -0.431. The second-order valence-corrected chi connectivity index (χ2v) is 7.68. The van der Waals surface area contributed by atoms with Crippen LogP contribution in [0.15, 0.2) is 17.0 Å². The van der Waals surface area contributed by atoms with Gasteiger partial charge in [-0.2, -0.15) is 0 Å². The Morgan fingerprint density at radius 2 is 1.85 bits per heavy atom. The number of hydrogen-bond acceptors (Lipinski definition) is 3. The lowest BCUT2D eigenvalue weighted by Gasteiger charge is -2.26. The molecule has 0 heterocycles. The van der Waals surface area contributed by atoms with Crippen LogP contribution in [0.25, 0.3) is 0 Å². The van der Waals surface area contributed by atoms with Crippen molar-refractivity contribution >= 4 is 48.8 Å². The summed E-state index contributed by atoms with van der Waals surface area (Å²) in [7, 11) is 1.24. The molecule has 0 spiro atoms. The van der Waals surface area contributed by atoms with Crippen LogP contribution in [0.4, 0.5) is 0 Å². The lowest BCUT2D eigenvalue weighted by molar-refractivity contribution is 0.0717. The lowest BCUT2D eigenvalue weighted by Crippen LogP contribution is -2.37. The molecule has 0 aliphatic rings. The Balaban J connectivity index is 3.49. The maximum atomic E-state index is 12.5. The molecular weight excluding hydrogens is 345 g/mol. The zero-order valence-electron chi connectivity index (χ0n) is 11.2. The minimum Gasteiger partial charge on any atom is -0.336 e. The molecule has 112 valence electrons. The highest BCUT2D eigenvalue weighted by molar-refractivity contribution is 8.13. The zero-order valence-corrected chi connectivity index (χ0v) is 14.2. The quantitative estimate of drug-likeness (QED) is 0.769. The fraction of sp³-hybridized carbons (Fsp3) is 0.417. The van der Waals surface area contributed by atoms with Gasteiger partial charge in [-0.1, -0.05) is 23.2 Å². The molecule has 0 fully saturated rings. The largest absolute Gasteiger partial charge is 0.336 e. The summed E-state index contributed by atoms with van der Waals surface area (Å²) in [6.45, 7) is 5.93. The Hall–Kier alpha value is -0.490. The third-order valence-corrected chi connectivity index (χ3v) is 4.94. The summed E-state index contributed by atoms with van der Waals surface area (Å²) in [6, 6.07) is 2.40. The molecule has 0 N–H and O–H groups in total. The average Bonchev–Trinajstić information content (AvgIpc) is 2.27. The van der Waals surface area contributed by atoms with Gasteiger partial charge in [-0.25, -0.2) is 8.42 Å². The molecule has 20 heavy (non-hydrogen) atoms. The Labute approximate surface area is 133 Å². The van der Waals surface area contributed by atoms with Crippen LogP contribution in [-0.2, 0) is 9.05 Å². The van der Waals surface area contributed by atoms with Gasteiger partial charge in [0.2, 0.25) is 0 Å². The first-order valence-electron chi connectivity index (χ1n) is 5.84. The van der Waals surface area contributed by atoms with Crippen LogP contribution in [0, 0.1) is 0 Å². The highest BCUT2D eigenvalue weighted by Crippen LogP contribution is 2.33. The van der Waals surface area contributed by atoms with Crippen molar-refractivity contribution in [3.8, 4) is 0 Å². The van der Waals surface area contributed by atoms with E-state index in [1.165, 1.54) is 17.0 Å². The van der Waals surface area contributed by atoms with Crippen LogP contribution in [-0.4, -0.2) is 31.8 Å². The van der Waals surface area contributed by atoms with Gasteiger partial charge in [-0.05, 0) is 32.9 Å². The van der Waals surface area contributed by atoms with E-state index in [1.54, 1.807) is 0 Å². The molecule has 0 saturated carbocycles. The van der Waals surface area contributed by atoms with Gasteiger partial charge in [-0.15, -0.1) is 0 Å². The maximum Gasteiger partial charge on any atom is 0.262 e. The van der Waals surface area contributed by atoms with Gasteiger partial charge in [-0.3, -0.25) is 4.79 Å². The number of rotatable bonds is 4. The summed E-state index contributed by atoms with van der Waals surface area (Å²) in [4.78, 5) is 13.7. The predicted octanol–water partition coefficient (Wildman–Crippen LogP) is 3.79. The Morgan fingerprint density at radius 3 is 2.25 bits per heavy atom. The molecule has 0 aliphatic carbocycles. The predicted molar refractivity (Wildman–Crippen MR) is 81.3 cm³/mol. The monoisotopic (exact) mass is 357 g/mol. The molecule has 8 heteroatoms. The van der Waals surface area contributed by atoms with Gasteiger partial charge in [0.05, 0.1) is 15.6 Å². The van der Waals surface area contributed by atoms with E-state index in [-0.39, 0.29) is 26.5 Å². The SMILES string of the molecule is CCN(C(=O)c1c(Cl)ccc(S(=O)(=O)Cl)c1Cl)C(C)C. The highest BCUT2D eigenvalue weighted by atomic mass is 35.7. The van der Waals surface area contributed by atoms with Crippen molar-refractivity contribution in [1.29, 1.82) is 0 Å². The first kappa shape index (κ1) is 17.6. The second kappa shape index (κ2) is 6.52. The van der Waals surface area contributed by atoms with Crippen LogP contribution in [0.2, 0.25) is 10.0 Å². The number of halogens is 3. The third-order valence-electron chi connectivity index (χ3n) is 2.76. The van der Waals surface area contributed by atoms with Crippen LogP contribution in [0.1, 0.15) is 31.1 Å². The van der Waals surface area contributed by atoms with Crippen molar-refractivity contribution < 1.29 is 13.2 Å². The molecule has 1 amide bonds. The third kappa shape index (κ3) is 3.58. The molecule has 0 radical (unpaired) electrons. The van der Waals surface area contributed by atoms with Crippen molar-refractivity contribution in [2.45, 2.75) is 31.7 Å². The van der Waals surface area contributed by atoms with Crippen molar-refractivity contribution in [3.63, 3.8) is 0 Å². The summed E-state index contributed by atoms with van der Waals surface area (Å²) >= 11 is 12.0. The molecular formula is C12H14Cl3NO3S. The topological polar surface area (TPSA) is 54.5 Å². The van der Waals surface area contributed by atoms with Crippen molar-refractivity contribution in [1.82, 2.24) is 4.90 Å². The van der Waals surface area contributed by atoms with Crippen molar-refractivity contribution in [2.24, 2.45) is 0 Å². The van der Waals surface area contributed by atoms with Gasteiger partial charge in [0.1, 0.15) is 4.90 Å². The van der Waals surface area contributed by atoms with E-state index in [0.29, 0.717) is 6.54 Å². The van der Waals surface area contributed by atoms with Gasteiger partial charge >= 0.3 is 0 Å². The summed E-state index contributed by atoms with van der Waals surface area (Å²) < 4.78 is 22.9. The van der Waals surface area contributed by atoms with Crippen molar-refractivity contribution in [3.05, 3.63) is 27.7 Å². The number of hydrogen-bond donors (Lipinski definition) is 0. The number of carbonyl (C=O) groups is 1.